The Morgan fingerprint density at radius 3 is 2.93 bits per heavy atom. The van der Waals surface area contributed by atoms with Crippen molar-refractivity contribution in [3.63, 3.8) is 0 Å². The van der Waals surface area contributed by atoms with Gasteiger partial charge in [-0.2, -0.15) is 9.97 Å². The average Bonchev–Trinajstić information content (AvgIpc) is 3.11. The summed E-state index contributed by atoms with van der Waals surface area (Å²) in [4.78, 5) is 24.3. The van der Waals surface area contributed by atoms with Crippen LogP contribution in [-0.4, -0.2) is 39.4 Å². The number of amides is 1. The van der Waals surface area contributed by atoms with E-state index in [1.807, 2.05) is 24.3 Å². The van der Waals surface area contributed by atoms with Crippen molar-refractivity contribution in [3.05, 3.63) is 40.4 Å². The summed E-state index contributed by atoms with van der Waals surface area (Å²) >= 11 is 7.98. The van der Waals surface area contributed by atoms with E-state index in [2.05, 4.69) is 20.3 Å². The minimum absolute atomic E-state index is 0.110. The molecule has 10 heteroatoms. The van der Waals surface area contributed by atoms with Gasteiger partial charge in [-0.05, 0) is 28.0 Å². The number of halogens is 1. The van der Waals surface area contributed by atoms with Crippen molar-refractivity contribution in [2.24, 2.45) is 0 Å². The van der Waals surface area contributed by atoms with Gasteiger partial charge in [-0.15, -0.1) is 0 Å². The van der Waals surface area contributed by atoms with Crippen molar-refractivity contribution in [1.82, 2.24) is 20.3 Å². The average molecular weight is 430 g/mol. The number of nitrogens with two attached hydrogens (primary N) is 1. The smallest absolute Gasteiger partial charge is 0.407 e. The van der Waals surface area contributed by atoms with E-state index >= 15 is 0 Å². The largest absolute Gasteiger partial charge is 0.443 e. The normalized spacial score (nSPS) is 18.0. The number of benzene rings is 2. The van der Waals surface area contributed by atoms with Gasteiger partial charge < -0.3 is 20.5 Å². The van der Waals surface area contributed by atoms with Crippen molar-refractivity contribution in [2.45, 2.75) is 24.5 Å². The number of aromatic nitrogens is 3. The van der Waals surface area contributed by atoms with Crippen LogP contribution in [0.4, 0.5) is 10.7 Å². The Morgan fingerprint density at radius 2 is 2.10 bits per heavy atom. The molecule has 2 aliphatic heterocycles. The maximum absolute atomic E-state index is 11.2. The first-order valence-corrected chi connectivity index (χ1v) is 10.3. The van der Waals surface area contributed by atoms with Gasteiger partial charge in [0.05, 0.1) is 24.8 Å². The quantitative estimate of drug-likeness (QED) is 0.608. The highest BCUT2D eigenvalue weighted by molar-refractivity contribution is 7.99. The molecule has 3 aromatic rings. The summed E-state index contributed by atoms with van der Waals surface area (Å²) in [6, 6.07) is 7.92. The lowest BCUT2D eigenvalue weighted by Crippen LogP contribution is -2.17. The third-order valence-electron chi connectivity index (χ3n) is 4.80. The van der Waals surface area contributed by atoms with Crippen LogP contribution in [0.25, 0.3) is 22.2 Å². The number of nitrogen functional groups attached to an aromatic ring is 1. The van der Waals surface area contributed by atoms with Gasteiger partial charge >= 0.3 is 6.09 Å². The predicted molar refractivity (Wildman–Crippen MR) is 110 cm³/mol. The number of nitrogens with zero attached hydrogens (tertiary/aromatic N) is 3. The van der Waals surface area contributed by atoms with E-state index in [0.29, 0.717) is 41.5 Å². The molecule has 1 atom stereocenters. The summed E-state index contributed by atoms with van der Waals surface area (Å²) in [5.74, 6) is 1.04. The van der Waals surface area contributed by atoms with Crippen LogP contribution in [0.3, 0.4) is 0 Å². The number of rotatable bonds is 4. The van der Waals surface area contributed by atoms with E-state index < -0.39 is 6.09 Å². The molecule has 5 rings (SSSR count). The van der Waals surface area contributed by atoms with Crippen LogP contribution in [0.15, 0.2) is 29.4 Å². The van der Waals surface area contributed by atoms with E-state index in [9.17, 15) is 4.79 Å². The van der Waals surface area contributed by atoms with Crippen LogP contribution >= 0.6 is 23.4 Å². The fraction of sp³-hybridized carbons (Fsp3) is 0.263. The summed E-state index contributed by atoms with van der Waals surface area (Å²) in [6.07, 6.45) is -0.649. The van der Waals surface area contributed by atoms with Crippen molar-refractivity contribution in [1.29, 1.82) is 0 Å². The van der Waals surface area contributed by atoms with E-state index in [1.165, 1.54) is 11.8 Å². The number of nitrogens with one attached hydrogen (secondary N) is 1. The zero-order valence-electron chi connectivity index (χ0n) is 15.1. The van der Waals surface area contributed by atoms with Gasteiger partial charge in [-0.3, -0.25) is 0 Å². The summed E-state index contributed by atoms with van der Waals surface area (Å²) in [7, 11) is 0. The summed E-state index contributed by atoms with van der Waals surface area (Å²) < 4.78 is 10.8. The molecular formula is C19H16ClN5O3S. The second-order valence-corrected chi connectivity index (χ2v) is 8.14. The molecular weight excluding hydrogens is 414 g/mol. The Balaban J connectivity index is 1.55. The molecule has 0 radical (unpaired) electrons. The Kier molecular flexibility index (Phi) is 4.65. The van der Waals surface area contributed by atoms with Crippen molar-refractivity contribution in [2.75, 3.05) is 18.0 Å². The molecule has 0 aliphatic carbocycles. The van der Waals surface area contributed by atoms with E-state index in [1.54, 1.807) is 0 Å². The fourth-order valence-corrected chi connectivity index (χ4v) is 4.73. The van der Waals surface area contributed by atoms with Crippen LogP contribution in [-0.2, 0) is 22.7 Å². The molecule has 0 unspecified atom stereocenters. The number of carbonyl (C=O) groups is 1. The maximum atomic E-state index is 11.2. The van der Waals surface area contributed by atoms with Gasteiger partial charge in [0, 0.05) is 11.3 Å². The molecule has 3 N–H and O–H groups in total. The first-order chi connectivity index (χ1) is 14.1. The second kappa shape index (κ2) is 7.33. The Bertz CT molecular complexity index is 1140. The van der Waals surface area contributed by atoms with Crippen LogP contribution in [0.5, 0.6) is 0 Å². The highest BCUT2D eigenvalue weighted by Gasteiger charge is 2.24. The molecule has 3 heterocycles. The lowest BCUT2D eigenvalue weighted by atomic mass is 9.94. The molecule has 148 valence electrons. The Morgan fingerprint density at radius 1 is 1.24 bits per heavy atom. The first kappa shape index (κ1) is 18.4. The minimum Gasteiger partial charge on any atom is -0.443 e. The number of alkyl carbamates (subject to hydrolysis) is 1. The molecule has 1 aromatic heterocycles. The third-order valence-corrected chi connectivity index (χ3v) is 6.08. The first-order valence-electron chi connectivity index (χ1n) is 8.98. The molecule has 29 heavy (non-hydrogen) atoms. The lowest BCUT2D eigenvalue weighted by molar-refractivity contribution is 0.103. The van der Waals surface area contributed by atoms with Gasteiger partial charge in [-0.1, -0.05) is 41.6 Å². The molecule has 2 aliphatic rings. The van der Waals surface area contributed by atoms with E-state index in [0.717, 1.165) is 27.5 Å². The van der Waals surface area contributed by atoms with Gasteiger partial charge in [0.25, 0.3) is 0 Å². The zero-order chi connectivity index (χ0) is 20.0. The predicted octanol–water partition coefficient (Wildman–Crippen LogP) is 3.16. The van der Waals surface area contributed by atoms with Crippen LogP contribution in [0.1, 0.15) is 11.1 Å². The Hall–Kier alpha value is -2.62. The third kappa shape index (κ3) is 3.45. The van der Waals surface area contributed by atoms with E-state index in [4.69, 9.17) is 26.8 Å². The van der Waals surface area contributed by atoms with E-state index in [-0.39, 0.29) is 12.1 Å². The van der Waals surface area contributed by atoms with Crippen molar-refractivity contribution in [3.8, 4) is 11.4 Å². The molecule has 1 saturated heterocycles. The highest BCUT2D eigenvalue weighted by Crippen LogP contribution is 2.39. The lowest BCUT2D eigenvalue weighted by Gasteiger charge is -2.20. The van der Waals surface area contributed by atoms with Crippen LogP contribution < -0.4 is 11.1 Å². The molecule has 1 amide bonds. The number of ether oxygens (including phenoxy) is 2. The maximum Gasteiger partial charge on any atom is 0.407 e. The number of carbonyl (C=O) groups excluding carboxylic acids is 1. The van der Waals surface area contributed by atoms with Crippen molar-refractivity contribution < 1.29 is 14.3 Å². The summed E-state index contributed by atoms with van der Waals surface area (Å²) in [5.41, 5.74) is 8.83. The monoisotopic (exact) mass is 429 g/mol. The topological polar surface area (TPSA) is 112 Å². The molecule has 0 spiro atoms. The van der Waals surface area contributed by atoms with Crippen molar-refractivity contribution >= 4 is 46.2 Å². The molecule has 0 bridgehead atoms. The second-order valence-electron chi connectivity index (χ2n) is 6.74. The number of anilines is 1. The van der Waals surface area contributed by atoms with Gasteiger partial charge in [-0.25, -0.2) is 9.78 Å². The number of hydrogen-bond acceptors (Lipinski definition) is 8. The van der Waals surface area contributed by atoms with Crippen LogP contribution in [0.2, 0.25) is 5.02 Å². The molecule has 1 fully saturated rings. The van der Waals surface area contributed by atoms with Gasteiger partial charge in [0.15, 0.2) is 11.0 Å². The molecule has 2 aromatic carbocycles. The van der Waals surface area contributed by atoms with Gasteiger partial charge in [0.1, 0.15) is 6.10 Å². The summed E-state index contributed by atoms with van der Waals surface area (Å²) in [5, 5.41) is 5.69. The Labute approximate surface area is 175 Å². The molecule has 8 nitrogen and oxygen atoms in total. The highest BCUT2D eigenvalue weighted by atomic mass is 35.5. The number of hydrogen-bond donors (Lipinski definition) is 2. The van der Waals surface area contributed by atoms with Gasteiger partial charge in [0.2, 0.25) is 5.95 Å². The fourth-order valence-electron chi connectivity index (χ4n) is 3.59. The van der Waals surface area contributed by atoms with Crippen LogP contribution in [0, 0.1) is 0 Å². The standard InChI is InChI=1S/C19H16ClN5O3S/c20-13-4-10-7-27-6-9-2-1-3-12(14(9)10)15(13)16-23-17(21)25-18(24-16)29-8-11-5-22-19(26)28-11/h1-4,11H,5-8H2,(H,22,26)(H2,21,23,24,25)/t11-/m0/s1. The SMILES string of the molecule is Nc1nc(SC[C@@H]2CNC(=O)O2)nc(-c2c(Cl)cc3c4c(cccc24)COC3)n1. The number of thioether (sulfide) groups is 1. The summed E-state index contributed by atoms with van der Waals surface area (Å²) in [6.45, 7) is 1.53. The zero-order valence-corrected chi connectivity index (χ0v) is 16.7. The molecule has 0 saturated carbocycles. The minimum atomic E-state index is -0.411. The number of cyclic esters (lactones) is 1.